The van der Waals surface area contributed by atoms with Gasteiger partial charge in [0.25, 0.3) is 0 Å². The van der Waals surface area contributed by atoms with Crippen molar-refractivity contribution in [2.75, 3.05) is 0 Å². The van der Waals surface area contributed by atoms with E-state index in [1.54, 1.807) is 0 Å². The van der Waals surface area contributed by atoms with Gasteiger partial charge in [-0.1, -0.05) is 24.3 Å². The number of hydrogen-bond acceptors (Lipinski definition) is 3. The van der Waals surface area contributed by atoms with Crippen molar-refractivity contribution < 1.29 is 0 Å². The Morgan fingerprint density at radius 3 is 2.28 bits per heavy atom. The topological polar surface area (TPSA) is 58.9 Å². The Balaban J connectivity index is 1.90. The molecule has 2 aromatic carbocycles. The van der Waals surface area contributed by atoms with Gasteiger partial charge in [-0.2, -0.15) is 5.26 Å². The lowest BCUT2D eigenvalue weighted by molar-refractivity contribution is 0.673. The van der Waals surface area contributed by atoms with E-state index >= 15 is 0 Å². The van der Waals surface area contributed by atoms with Gasteiger partial charge in [0.1, 0.15) is 17.7 Å². The monoisotopic (exact) mass is 377 g/mol. The molecule has 0 spiro atoms. The van der Waals surface area contributed by atoms with Crippen LogP contribution in [0.25, 0.3) is 33.5 Å². The molecular formula is C24H19N5. The Kier molecular flexibility index (Phi) is 3.33. The Bertz CT molecular complexity index is 1480. The molecule has 3 heterocycles. The summed E-state index contributed by atoms with van der Waals surface area (Å²) in [5.74, 6) is 2.04. The number of fused-ring (bicyclic) bond motifs is 5. The minimum atomic E-state index is 0.724. The zero-order valence-electron chi connectivity index (χ0n) is 16.2. The lowest BCUT2D eigenvalue weighted by Crippen LogP contribution is -2.16. The minimum Gasteiger partial charge on any atom is -0.281 e. The van der Waals surface area contributed by atoms with Gasteiger partial charge in [-0.05, 0) is 68.0 Å². The number of para-hydroxylation sites is 4. The zero-order valence-corrected chi connectivity index (χ0v) is 16.2. The Morgan fingerprint density at radius 1 is 0.862 bits per heavy atom. The summed E-state index contributed by atoms with van der Waals surface area (Å²) in [6, 6.07) is 18.9. The Labute approximate surface area is 167 Å². The van der Waals surface area contributed by atoms with E-state index in [0.29, 0.717) is 0 Å². The number of benzene rings is 2. The van der Waals surface area contributed by atoms with Gasteiger partial charge in [0, 0.05) is 0 Å². The van der Waals surface area contributed by atoms with Gasteiger partial charge in [0.15, 0.2) is 5.65 Å². The summed E-state index contributed by atoms with van der Waals surface area (Å²) in [5, 5.41) is 10.0. The van der Waals surface area contributed by atoms with Crippen LogP contribution in [0.4, 0.5) is 0 Å². The minimum absolute atomic E-state index is 0.724. The van der Waals surface area contributed by atoms with Crippen LogP contribution in [0, 0.1) is 18.3 Å². The van der Waals surface area contributed by atoms with Gasteiger partial charge >= 0.3 is 0 Å². The van der Waals surface area contributed by atoms with Crippen LogP contribution in [0.5, 0.6) is 0 Å². The summed E-state index contributed by atoms with van der Waals surface area (Å²) >= 11 is 0. The molecule has 0 saturated carbocycles. The number of nitrogens with zero attached hydrogens (tertiary/aromatic N) is 5. The van der Waals surface area contributed by atoms with Gasteiger partial charge in [-0.3, -0.25) is 8.97 Å². The molecule has 0 radical (unpaired) electrons. The van der Waals surface area contributed by atoms with E-state index in [2.05, 4.69) is 46.2 Å². The molecule has 1 aliphatic carbocycles. The molecular weight excluding hydrogens is 358 g/mol. The van der Waals surface area contributed by atoms with E-state index in [9.17, 15) is 5.26 Å². The quantitative estimate of drug-likeness (QED) is 0.418. The van der Waals surface area contributed by atoms with Crippen LogP contribution in [-0.4, -0.2) is 18.9 Å². The smallest absolute Gasteiger partial charge is 0.157 e. The lowest BCUT2D eigenvalue weighted by Gasteiger charge is -2.24. The van der Waals surface area contributed by atoms with Crippen LogP contribution >= 0.6 is 0 Å². The van der Waals surface area contributed by atoms with Gasteiger partial charge in [0.05, 0.1) is 27.6 Å². The summed E-state index contributed by atoms with van der Waals surface area (Å²) in [6.07, 6.45) is 4.14. The normalized spacial score (nSPS) is 13.8. The SMILES string of the molecule is Cc1nc2ccccc2n1-c1c2c(c(C#N)c3nc4ccccc4n13)CCCC2. The third kappa shape index (κ3) is 2.14. The van der Waals surface area contributed by atoms with Crippen molar-refractivity contribution in [3.8, 4) is 11.9 Å². The molecule has 0 aliphatic heterocycles. The molecule has 3 aromatic heterocycles. The first-order valence-electron chi connectivity index (χ1n) is 10.1. The first-order chi connectivity index (χ1) is 14.3. The van der Waals surface area contributed by atoms with Gasteiger partial charge in [-0.15, -0.1) is 0 Å². The summed E-state index contributed by atoms with van der Waals surface area (Å²) in [5.41, 5.74) is 7.90. The summed E-state index contributed by atoms with van der Waals surface area (Å²) < 4.78 is 4.43. The average molecular weight is 377 g/mol. The van der Waals surface area contributed by atoms with Crippen molar-refractivity contribution in [1.29, 1.82) is 5.26 Å². The Morgan fingerprint density at radius 2 is 1.52 bits per heavy atom. The fourth-order valence-corrected chi connectivity index (χ4v) is 4.87. The van der Waals surface area contributed by atoms with Crippen LogP contribution in [0.15, 0.2) is 48.5 Å². The van der Waals surface area contributed by atoms with Crippen molar-refractivity contribution in [1.82, 2.24) is 18.9 Å². The van der Waals surface area contributed by atoms with Gasteiger partial charge < -0.3 is 0 Å². The molecule has 140 valence electrons. The first kappa shape index (κ1) is 16.3. The van der Waals surface area contributed by atoms with E-state index in [0.717, 1.165) is 76.2 Å². The van der Waals surface area contributed by atoms with Crippen molar-refractivity contribution in [3.63, 3.8) is 0 Å². The fraction of sp³-hybridized carbons (Fsp3) is 0.208. The number of rotatable bonds is 1. The standard InChI is InChI=1S/C24H19N5/c1-15-26-19-10-4-6-12-21(19)28(15)24-17-9-3-2-8-16(17)18(14-25)23-27-20-11-5-7-13-22(20)29(23)24/h4-7,10-13H,2-3,8-9H2,1H3. The van der Waals surface area contributed by atoms with Crippen LogP contribution in [-0.2, 0) is 12.8 Å². The van der Waals surface area contributed by atoms with Gasteiger partial charge in [0.2, 0.25) is 0 Å². The predicted molar refractivity (Wildman–Crippen MR) is 113 cm³/mol. The molecule has 1 aliphatic rings. The molecule has 0 bridgehead atoms. The number of aromatic nitrogens is 4. The molecule has 0 atom stereocenters. The second kappa shape index (κ2) is 5.92. The third-order valence-electron chi connectivity index (χ3n) is 6.09. The average Bonchev–Trinajstić information content (AvgIpc) is 3.29. The summed E-state index contributed by atoms with van der Waals surface area (Å²) in [4.78, 5) is 9.70. The maximum atomic E-state index is 10.0. The molecule has 6 rings (SSSR count). The van der Waals surface area contributed by atoms with Crippen molar-refractivity contribution >= 4 is 27.7 Å². The summed E-state index contributed by atoms with van der Waals surface area (Å²) in [7, 11) is 0. The van der Waals surface area contributed by atoms with Crippen LogP contribution in [0.3, 0.4) is 0 Å². The van der Waals surface area contributed by atoms with Gasteiger partial charge in [-0.25, -0.2) is 9.97 Å². The molecule has 0 saturated heterocycles. The van der Waals surface area contributed by atoms with E-state index in [1.165, 1.54) is 5.56 Å². The number of hydrogen-bond donors (Lipinski definition) is 0. The van der Waals surface area contributed by atoms with Crippen molar-refractivity contribution in [3.05, 3.63) is 71.0 Å². The zero-order chi connectivity index (χ0) is 19.5. The van der Waals surface area contributed by atoms with E-state index in [-0.39, 0.29) is 0 Å². The predicted octanol–water partition coefficient (Wildman–Crippen LogP) is 4.89. The lowest BCUT2D eigenvalue weighted by atomic mass is 9.89. The first-order valence-corrected chi connectivity index (χ1v) is 10.1. The highest BCUT2D eigenvalue weighted by Gasteiger charge is 2.27. The van der Waals surface area contributed by atoms with E-state index < -0.39 is 0 Å². The third-order valence-corrected chi connectivity index (χ3v) is 6.09. The number of nitriles is 1. The second-order valence-electron chi connectivity index (χ2n) is 7.72. The molecule has 5 nitrogen and oxygen atoms in total. The maximum Gasteiger partial charge on any atom is 0.157 e. The molecule has 5 heteroatoms. The molecule has 0 unspecified atom stereocenters. The number of pyridine rings is 1. The maximum absolute atomic E-state index is 10.0. The highest BCUT2D eigenvalue weighted by Crippen LogP contribution is 2.36. The van der Waals surface area contributed by atoms with Crippen LogP contribution < -0.4 is 0 Å². The van der Waals surface area contributed by atoms with Crippen molar-refractivity contribution in [2.24, 2.45) is 0 Å². The fourth-order valence-electron chi connectivity index (χ4n) is 4.87. The van der Waals surface area contributed by atoms with Crippen molar-refractivity contribution in [2.45, 2.75) is 32.6 Å². The van der Waals surface area contributed by atoms with Crippen LogP contribution in [0.1, 0.15) is 35.4 Å². The molecule has 0 fully saturated rings. The molecule has 5 aromatic rings. The van der Waals surface area contributed by atoms with E-state index in [1.807, 2.05) is 24.3 Å². The molecule has 29 heavy (non-hydrogen) atoms. The number of aryl methyl sites for hydroxylation is 1. The van der Waals surface area contributed by atoms with E-state index in [4.69, 9.17) is 9.97 Å². The largest absolute Gasteiger partial charge is 0.281 e. The highest BCUT2D eigenvalue weighted by atomic mass is 15.2. The molecule has 0 amide bonds. The highest BCUT2D eigenvalue weighted by molar-refractivity contribution is 5.86. The second-order valence-corrected chi connectivity index (χ2v) is 7.72. The Hall–Kier alpha value is -3.65. The molecule has 0 N–H and O–H groups in total. The number of imidazole rings is 2. The van der Waals surface area contributed by atoms with Crippen LogP contribution in [0.2, 0.25) is 0 Å². The summed E-state index contributed by atoms with van der Waals surface area (Å²) in [6.45, 7) is 2.05.